The minimum atomic E-state index is 0.439. The summed E-state index contributed by atoms with van der Waals surface area (Å²) in [6.45, 7) is 6.99. The summed E-state index contributed by atoms with van der Waals surface area (Å²) in [7, 11) is 0. The number of rotatable bonds is 4. The molecular formula is C12H17N5. The predicted molar refractivity (Wildman–Crippen MR) is 65.9 cm³/mol. The fourth-order valence-electron chi connectivity index (χ4n) is 1.56. The van der Waals surface area contributed by atoms with Crippen LogP contribution in [0, 0.1) is 6.92 Å². The molecular weight excluding hydrogens is 214 g/mol. The fourth-order valence-corrected chi connectivity index (χ4v) is 1.56. The summed E-state index contributed by atoms with van der Waals surface area (Å²) in [5.41, 5.74) is 3.09. The van der Waals surface area contributed by atoms with Crippen LogP contribution in [0.3, 0.4) is 0 Å². The Morgan fingerprint density at radius 1 is 1.29 bits per heavy atom. The number of aryl methyl sites for hydroxylation is 1. The molecule has 0 aliphatic rings. The summed E-state index contributed by atoms with van der Waals surface area (Å²) in [6, 6.07) is 2.48. The number of nitrogens with one attached hydrogen (secondary N) is 1. The van der Waals surface area contributed by atoms with E-state index in [0.717, 1.165) is 23.5 Å². The molecule has 2 aromatic heterocycles. The van der Waals surface area contributed by atoms with E-state index in [1.54, 1.807) is 12.4 Å². The van der Waals surface area contributed by atoms with E-state index in [1.165, 1.54) is 0 Å². The maximum atomic E-state index is 4.17. The van der Waals surface area contributed by atoms with Gasteiger partial charge in [0.1, 0.15) is 0 Å². The van der Waals surface area contributed by atoms with Gasteiger partial charge in [0.25, 0.3) is 0 Å². The SMILES string of the molecule is Cc1cncc(-n2nncc2CNC(C)C)c1. The summed E-state index contributed by atoms with van der Waals surface area (Å²) >= 11 is 0. The van der Waals surface area contributed by atoms with Crippen molar-refractivity contribution in [3.05, 3.63) is 35.9 Å². The van der Waals surface area contributed by atoms with Gasteiger partial charge in [-0.25, -0.2) is 4.68 Å². The van der Waals surface area contributed by atoms with Crippen LogP contribution >= 0.6 is 0 Å². The molecule has 2 heterocycles. The molecule has 0 amide bonds. The predicted octanol–water partition coefficient (Wildman–Crippen LogP) is 1.47. The third-order valence-electron chi connectivity index (χ3n) is 2.42. The van der Waals surface area contributed by atoms with E-state index in [4.69, 9.17) is 0 Å². The molecule has 5 nitrogen and oxygen atoms in total. The molecule has 0 radical (unpaired) electrons. The molecule has 0 atom stereocenters. The lowest BCUT2D eigenvalue weighted by Gasteiger charge is -2.09. The molecule has 2 aromatic rings. The molecule has 0 spiro atoms. The molecule has 0 saturated carbocycles. The molecule has 90 valence electrons. The lowest BCUT2D eigenvalue weighted by atomic mass is 10.3. The van der Waals surface area contributed by atoms with E-state index in [-0.39, 0.29) is 0 Å². The monoisotopic (exact) mass is 231 g/mol. The molecule has 0 aliphatic carbocycles. The summed E-state index contributed by atoms with van der Waals surface area (Å²) in [4.78, 5) is 4.17. The van der Waals surface area contributed by atoms with Gasteiger partial charge in [0.15, 0.2) is 0 Å². The number of pyridine rings is 1. The molecule has 0 bridgehead atoms. The largest absolute Gasteiger partial charge is 0.309 e. The van der Waals surface area contributed by atoms with Gasteiger partial charge < -0.3 is 5.32 Å². The van der Waals surface area contributed by atoms with Crippen molar-refractivity contribution in [2.75, 3.05) is 0 Å². The zero-order valence-electron chi connectivity index (χ0n) is 10.4. The van der Waals surface area contributed by atoms with E-state index in [1.807, 2.05) is 23.9 Å². The molecule has 0 saturated heterocycles. The average molecular weight is 231 g/mol. The summed E-state index contributed by atoms with van der Waals surface area (Å²) in [5, 5.41) is 11.4. The van der Waals surface area contributed by atoms with Gasteiger partial charge in [-0.3, -0.25) is 4.98 Å². The van der Waals surface area contributed by atoms with Crippen molar-refractivity contribution in [3.63, 3.8) is 0 Å². The first-order valence-electron chi connectivity index (χ1n) is 5.72. The van der Waals surface area contributed by atoms with Crippen molar-refractivity contribution in [1.29, 1.82) is 0 Å². The van der Waals surface area contributed by atoms with E-state index in [2.05, 4.69) is 34.5 Å². The van der Waals surface area contributed by atoms with Gasteiger partial charge in [0, 0.05) is 18.8 Å². The van der Waals surface area contributed by atoms with Crippen LogP contribution in [0.4, 0.5) is 0 Å². The lowest BCUT2D eigenvalue weighted by molar-refractivity contribution is 0.570. The normalized spacial score (nSPS) is 11.1. The van der Waals surface area contributed by atoms with Gasteiger partial charge in [-0.2, -0.15) is 0 Å². The Bertz CT molecular complexity index is 489. The van der Waals surface area contributed by atoms with Crippen molar-refractivity contribution in [2.24, 2.45) is 0 Å². The summed E-state index contributed by atoms with van der Waals surface area (Å²) < 4.78 is 1.81. The number of aromatic nitrogens is 4. The molecule has 0 aromatic carbocycles. The molecule has 2 rings (SSSR count). The van der Waals surface area contributed by atoms with Crippen molar-refractivity contribution in [3.8, 4) is 5.69 Å². The minimum absolute atomic E-state index is 0.439. The first-order chi connectivity index (χ1) is 8.16. The Hall–Kier alpha value is -1.75. The standard InChI is InChI=1S/C12H17N5/c1-9(2)14-7-12-8-15-16-17(12)11-4-10(3)5-13-6-11/h4-6,8-9,14H,7H2,1-3H3. The van der Waals surface area contributed by atoms with E-state index in [9.17, 15) is 0 Å². The highest BCUT2D eigenvalue weighted by molar-refractivity contribution is 5.31. The molecule has 0 aliphatic heterocycles. The third-order valence-corrected chi connectivity index (χ3v) is 2.42. The Kier molecular flexibility index (Phi) is 3.49. The Balaban J connectivity index is 2.24. The van der Waals surface area contributed by atoms with Gasteiger partial charge in [0.2, 0.25) is 0 Å². The van der Waals surface area contributed by atoms with Crippen molar-refractivity contribution < 1.29 is 0 Å². The Morgan fingerprint density at radius 3 is 2.82 bits per heavy atom. The zero-order valence-corrected chi connectivity index (χ0v) is 10.4. The quantitative estimate of drug-likeness (QED) is 0.865. The highest BCUT2D eigenvalue weighted by Crippen LogP contribution is 2.09. The van der Waals surface area contributed by atoms with E-state index >= 15 is 0 Å². The fraction of sp³-hybridized carbons (Fsp3) is 0.417. The van der Waals surface area contributed by atoms with Crippen LogP contribution in [-0.2, 0) is 6.54 Å². The van der Waals surface area contributed by atoms with Gasteiger partial charge in [0.05, 0.1) is 23.8 Å². The van der Waals surface area contributed by atoms with Gasteiger partial charge in [-0.15, -0.1) is 5.10 Å². The van der Waals surface area contributed by atoms with Crippen molar-refractivity contribution >= 4 is 0 Å². The Labute approximate surface area is 101 Å². The smallest absolute Gasteiger partial charge is 0.0853 e. The van der Waals surface area contributed by atoms with Crippen LogP contribution in [0.25, 0.3) is 5.69 Å². The highest BCUT2D eigenvalue weighted by atomic mass is 15.4. The maximum Gasteiger partial charge on any atom is 0.0853 e. The minimum Gasteiger partial charge on any atom is -0.309 e. The topological polar surface area (TPSA) is 55.6 Å². The van der Waals surface area contributed by atoms with Crippen LogP contribution in [0.5, 0.6) is 0 Å². The zero-order chi connectivity index (χ0) is 12.3. The summed E-state index contributed by atoms with van der Waals surface area (Å²) in [5.74, 6) is 0. The molecule has 0 unspecified atom stereocenters. The Morgan fingerprint density at radius 2 is 2.12 bits per heavy atom. The molecule has 1 N–H and O–H groups in total. The second-order valence-electron chi connectivity index (χ2n) is 4.39. The van der Waals surface area contributed by atoms with Crippen LogP contribution < -0.4 is 5.32 Å². The van der Waals surface area contributed by atoms with E-state index in [0.29, 0.717) is 6.04 Å². The first kappa shape index (κ1) is 11.7. The number of nitrogens with zero attached hydrogens (tertiary/aromatic N) is 4. The van der Waals surface area contributed by atoms with Crippen LogP contribution in [0.15, 0.2) is 24.7 Å². The highest BCUT2D eigenvalue weighted by Gasteiger charge is 2.06. The van der Waals surface area contributed by atoms with Crippen molar-refractivity contribution in [2.45, 2.75) is 33.4 Å². The number of hydrogen-bond acceptors (Lipinski definition) is 4. The van der Waals surface area contributed by atoms with Crippen LogP contribution in [-0.4, -0.2) is 26.0 Å². The van der Waals surface area contributed by atoms with E-state index < -0.39 is 0 Å². The maximum absolute atomic E-state index is 4.17. The van der Waals surface area contributed by atoms with Gasteiger partial charge in [-0.05, 0) is 18.6 Å². The van der Waals surface area contributed by atoms with Crippen molar-refractivity contribution in [1.82, 2.24) is 25.3 Å². The third kappa shape index (κ3) is 2.88. The lowest BCUT2D eigenvalue weighted by Crippen LogP contribution is -2.23. The van der Waals surface area contributed by atoms with Crippen LogP contribution in [0.2, 0.25) is 0 Å². The molecule has 0 fully saturated rings. The van der Waals surface area contributed by atoms with Gasteiger partial charge in [-0.1, -0.05) is 19.1 Å². The molecule has 5 heteroatoms. The van der Waals surface area contributed by atoms with Gasteiger partial charge >= 0.3 is 0 Å². The first-order valence-corrected chi connectivity index (χ1v) is 5.72. The molecule has 17 heavy (non-hydrogen) atoms. The second kappa shape index (κ2) is 5.05. The average Bonchev–Trinajstić information content (AvgIpc) is 2.74. The number of hydrogen-bond donors (Lipinski definition) is 1. The van der Waals surface area contributed by atoms with Crippen LogP contribution in [0.1, 0.15) is 25.1 Å². The second-order valence-corrected chi connectivity index (χ2v) is 4.39. The summed E-state index contributed by atoms with van der Waals surface area (Å²) in [6.07, 6.45) is 5.39.